The average Bonchev–Trinajstić information content (AvgIpc) is 2.87. The molecule has 0 radical (unpaired) electrons. The van der Waals surface area contributed by atoms with E-state index < -0.39 is 38.4 Å². The molecule has 3 aromatic carbocycles. The molecule has 0 spiro atoms. The van der Waals surface area contributed by atoms with Crippen molar-refractivity contribution in [3.8, 4) is 0 Å². The van der Waals surface area contributed by atoms with Crippen LogP contribution < -0.4 is 21.5 Å². The van der Waals surface area contributed by atoms with E-state index in [1.807, 2.05) is 0 Å². The summed E-state index contributed by atoms with van der Waals surface area (Å²) in [4.78, 5) is 30.3. The van der Waals surface area contributed by atoms with Crippen molar-refractivity contribution in [3.05, 3.63) is 96.9 Å². The maximum Gasteiger partial charge on any atom is 0.298 e. The van der Waals surface area contributed by atoms with Crippen LogP contribution in [0.3, 0.4) is 0 Å². The molecule has 10 heteroatoms. The van der Waals surface area contributed by atoms with Crippen LogP contribution in [0.25, 0.3) is 27.4 Å². The average molecular weight is 490 g/mol. The zero-order valence-electron chi connectivity index (χ0n) is 18.3. The minimum Gasteiger partial charge on any atom is -0.509 e. The van der Waals surface area contributed by atoms with Gasteiger partial charge in [-0.1, -0.05) is 42.5 Å². The van der Waals surface area contributed by atoms with E-state index in [0.717, 1.165) is 7.11 Å². The number of aliphatic hydroxyl groups is 2. The number of para-hydroxylation sites is 1. The van der Waals surface area contributed by atoms with Gasteiger partial charge in [-0.2, -0.15) is 8.42 Å². The SMILES string of the molecule is COS(=O)(=O)c1cc(Nc2ccccc2)c2c3c1nc(=O)c(=C(O)CO)c=3c1ccccc1c2=O. The molecule has 0 unspecified atom stereocenters. The van der Waals surface area contributed by atoms with Crippen molar-refractivity contribution >= 4 is 48.9 Å². The van der Waals surface area contributed by atoms with Gasteiger partial charge >= 0.3 is 0 Å². The summed E-state index contributed by atoms with van der Waals surface area (Å²) in [6.45, 7) is -0.855. The molecule has 0 saturated carbocycles. The number of aliphatic hydroxyl groups excluding tert-OH is 2. The van der Waals surface area contributed by atoms with Crippen LogP contribution in [0.2, 0.25) is 0 Å². The Labute approximate surface area is 197 Å². The first-order valence-electron chi connectivity index (χ1n) is 10.4. The van der Waals surface area contributed by atoms with Crippen LogP contribution in [0, 0.1) is 10.4 Å². The van der Waals surface area contributed by atoms with Gasteiger partial charge < -0.3 is 15.5 Å². The van der Waals surface area contributed by atoms with Crippen molar-refractivity contribution in [3.63, 3.8) is 0 Å². The summed E-state index contributed by atoms with van der Waals surface area (Å²) in [7, 11) is -3.40. The minimum atomic E-state index is -4.38. The highest BCUT2D eigenvalue weighted by molar-refractivity contribution is 7.87. The largest absolute Gasteiger partial charge is 0.509 e. The third-order valence-corrected chi connectivity index (χ3v) is 7.13. The molecule has 3 N–H and O–H groups in total. The molecular weight excluding hydrogens is 472 g/mol. The highest BCUT2D eigenvalue weighted by Crippen LogP contribution is 2.31. The Hall–Kier alpha value is -4.12. The number of nitrogens with zero attached hydrogens (tertiary/aromatic N) is 1. The quantitative estimate of drug-likeness (QED) is 0.314. The molecule has 0 saturated heterocycles. The molecule has 1 heterocycles. The summed E-state index contributed by atoms with van der Waals surface area (Å²) in [5.41, 5.74) is -0.915. The standard InChI is InChI=1S/C25H18N2O7S/c1-34-35(32,33)18-11-16(26-13-7-3-2-4-8-13)20-22-19(14-9-5-6-10-15(14)24(20)30)21(17(29)12-28)25(31)27-23(18)22/h2-11,26,28-29H,12H2,1H3. The van der Waals surface area contributed by atoms with E-state index in [1.54, 1.807) is 54.6 Å². The smallest absolute Gasteiger partial charge is 0.298 e. The van der Waals surface area contributed by atoms with Gasteiger partial charge in [0.25, 0.3) is 15.7 Å². The van der Waals surface area contributed by atoms with Crippen LogP contribution in [0.1, 0.15) is 0 Å². The van der Waals surface area contributed by atoms with Gasteiger partial charge in [0.1, 0.15) is 17.3 Å². The van der Waals surface area contributed by atoms with E-state index in [1.165, 1.54) is 6.07 Å². The molecule has 0 amide bonds. The van der Waals surface area contributed by atoms with E-state index >= 15 is 0 Å². The lowest BCUT2D eigenvalue weighted by Gasteiger charge is -2.15. The maximum absolute atomic E-state index is 13.7. The minimum absolute atomic E-state index is 0.0554. The van der Waals surface area contributed by atoms with Gasteiger partial charge in [0.2, 0.25) is 0 Å². The van der Waals surface area contributed by atoms with Crippen molar-refractivity contribution in [1.29, 1.82) is 0 Å². The number of anilines is 2. The molecule has 0 aromatic heterocycles. The van der Waals surface area contributed by atoms with Crippen LogP contribution in [-0.2, 0) is 14.3 Å². The van der Waals surface area contributed by atoms with Crippen molar-refractivity contribution in [2.45, 2.75) is 4.90 Å². The summed E-state index contributed by atoms with van der Waals surface area (Å²) in [6.07, 6.45) is 0. The second-order valence-electron chi connectivity index (χ2n) is 7.78. The topological polar surface area (TPSA) is 143 Å². The molecule has 1 aliphatic carbocycles. The number of aromatic nitrogens is 1. The Kier molecular flexibility index (Phi) is 5.36. The molecule has 176 valence electrons. The molecule has 3 aromatic rings. The summed E-state index contributed by atoms with van der Waals surface area (Å²) in [6, 6.07) is 16.5. The summed E-state index contributed by atoms with van der Waals surface area (Å²) < 4.78 is 30.5. The Morgan fingerprint density at radius 1 is 1.00 bits per heavy atom. The van der Waals surface area contributed by atoms with Crippen molar-refractivity contribution in [2.24, 2.45) is 0 Å². The van der Waals surface area contributed by atoms with Gasteiger partial charge in [-0.05, 0) is 23.6 Å². The molecule has 35 heavy (non-hydrogen) atoms. The fraction of sp³-hybridized carbons (Fsp3) is 0.0800. The summed E-state index contributed by atoms with van der Waals surface area (Å²) in [5, 5.41) is 23.6. The molecule has 0 bridgehead atoms. The van der Waals surface area contributed by atoms with E-state index in [-0.39, 0.29) is 37.6 Å². The van der Waals surface area contributed by atoms with Crippen LogP contribution in [0.4, 0.5) is 11.4 Å². The lowest BCUT2D eigenvalue weighted by molar-refractivity contribution is 0.302. The highest BCUT2D eigenvalue weighted by atomic mass is 32.2. The van der Waals surface area contributed by atoms with Crippen LogP contribution in [0.5, 0.6) is 0 Å². The third-order valence-electron chi connectivity index (χ3n) is 5.84. The molecule has 2 aliphatic rings. The lowest BCUT2D eigenvalue weighted by atomic mass is 9.97. The van der Waals surface area contributed by atoms with Gasteiger partial charge in [0.15, 0.2) is 5.43 Å². The van der Waals surface area contributed by atoms with E-state index in [9.17, 15) is 28.2 Å². The number of hydrogen-bond acceptors (Lipinski definition) is 9. The molecule has 9 nitrogen and oxygen atoms in total. The van der Waals surface area contributed by atoms with Gasteiger partial charge in [0.05, 0.1) is 28.9 Å². The number of benzene rings is 3. The van der Waals surface area contributed by atoms with Crippen LogP contribution in [-0.4, -0.2) is 37.3 Å². The Balaban J connectivity index is 2.20. The number of nitrogens with one attached hydrogen (secondary N) is 1. The van der Waals surface area contributed by atoms with E-state index in [0.29, 0.717) is 11.1 Å². The first-order valence-corrected chi connectivity index (χ1v) is 11.8. The maximum atomic E-state index is 13.7. The molecular formula is C25H18N2O7S. The fourth-order valence-corrected chi connectivity index (χ4v) is 5.16. The van der Waals surface area contributed by atoms with Crippen LogP contribution >= 0.6 is 0 Å². The Bertz CT molecular complexity index is 1960. The van der Waals surface area contributed by atoms with E-state index in [4.69, 9.17) is 4.18 Å². The zero-order chi connectivity index (χ0) is 24.9. The predicted octanol–water partition coefficient (Wildman–Crippen LogP) is 1.73. The lowest BCUT2D eigenvalue weighted by Crippen LogP contribution is -2.34. The van der Waals surface area contributed by atoms with Gasteiger partial charge in [0, 0.05) is 21.5 Å². The number of fused-ring (bicyclic) bond motifs is 2. The highest BCUT2D eigenvalue weighted by Gasteiger charge is 2.25. The fourth-order valence-electron chi connectivity index (χ4n) is 4.33. The molecule has 5 rings (SSSR count). The van der Waals surface area contributed by atoms with E-state index in [2.05, 4.69) is 10.3 Å². The molecule has 0 fully saturated rings. The van der Waals surface area contributed by atoms with Crippen LogP contribution in [0.15, 0.2) is 75.1 Å². The summed E-state index contributed by atoms with van der Waals surface area (Å²) in [5.74, 6) is -0.646. The monoisotopic (exact) mass is 490 g/mol. The Morgan fingerprint density at radius 3 is 2.31 bits per heavy atom. The van der Waals surface area contributed by atoms with Gasteiger partial charge in [-0.15, -0.1) is 0 Å². The summed E-state index contributed by atoms with van der Waals surface area (Å²) >= 11 is 0. The normalized spacial score (nSPS) is 13.0. The van der Waals surface area contributed by atoms with Crippen molar-refractivity contribution in [1.82, 2.24) is 4.98 Å². The first kappa shape index (κ1) is 22.7. The third kappa shape index (κ3) is 3.46. The zero-order valence-corrected chi connectivity index (χ0v) is 19.1. The number of hydrogen-bond donors (Lipinski definition) is 3. The van der Waals surface area contributed by atoms with Crippen molar-refractivity contribution in [2.75, 3.05) is 19.0 Å². The molecule has 0 atom stereocenters. The second kappa shape index (κ2) is 8.27. The van der Waals surface area contributed by atoms with Crippen molar-refractivity contribution < 1.29 is 22.8 Å². The predicted molar refractivity (Wildman–Crippen MR) is 131 cm³/mol. The first-order chi connectivity index (χ1) is 16.8. The second-order valence-corrected chi connectivity index (χ2v) is 9.46. The molecule has 1 aliphatic heterocycles. The number of rotatable bonds is 5. The Morgan fingerprint density at radius 2 is 1.66 bits per heavy atom. The van der Waals surface area contributed by atoms with Gasteiger partial charge in [-0.3, -0.25) is 13.8 Å². The van der Waals surface area contributed by atoms with Gasteiger partial charge in [-0.25, -0.2) is 4.98 Å².